The molecule has 0 bridgehead atoms. The van der Waals surface area contributed by atoms with Crippen LogP contribution in [-0.4, -0.2) is 54.0 Å². The number of nitrogens with one attached hydrogen (secondary N) is 2. The molecule has 0 unspecified atom stereocenters. The van der Waals surface area contributed by atoms with E-state index in [1.807, 2.05) is 13.0 Å². The van der Waals surface area contributed by atoms with Crippen LogP contribution >= 0.6 is 0 Å². The molecule has 0 saturated heterocycles. The third-order valence-corrected chi connectivity index (χ3v) is 3.85. The Labute approximate surface area is 169 Å². The van der Waals surface area contributed by atoms with Crippen molar-refractivity contribution in [2.24, 2.45) is 17.2 Å². The fourth-order valence-corrected chi connectivity index (χ4v) is 2.70. The number of aromatic nitrogens is 2. The molecule has 3 amide bonds. The van der Waals surface area contributed by atoms with Gasteiger partial charge in [0.05, 0.1) is 17.5 Å². The minimum absolute atomic E-state index is 0.265. The summed E-state index contributed by atoms with van der Waals surface area (Å²) in [5, 5.41) is 4.81. The molecular weight excluding hydrogens is 378 g/mol. The van der Waals surface area contributed by atoms with Gasteiger partial charge < -0.3 is 27.8 Å². The summed E-state index contributed by atoms with van der Waals surface area (Å²) in [5.74, 6) is -1.81. The van der Waals surface area contributed by atoms with E-state index in [1.165, 1.54) is 25.7 Å². The number of carbonyl (C=O) groups is 3. The number of carbonyl (C=O) groups excluding carboxylic acids is 3. The molecule has 0 radical (unpaired) electrons. The minimum atomic E-state index is -1.08. The van der Waals surface area contributed by atoms with Crippen molar-refractivity contribution in [3.8, 4) is 0 Å². The van der Waals surface area contributed by atoms with Crippen LogP contribution in [0.5, 0.6) is 0 Å². The number of benzene rings is 1. The van der Waals surface area contributed by atoms with E-state index in [9.17, 15) is 19.2 Å². The first-order valence-corrected chi connectivity index (χ1v) is 9.01. The van der Waals surface area contributed by atoms with Gasteiger partial charge in [0.15, 0.2) is 0 Å². The lowest BCUT2D eigenvalue weighted by Crippen LogP contribution is -2.49. The number of nitrogens with zero attached hydrogens (tertiary/aromatic N) is 2. The number of likely N-dealkylation sites (N-methyl/N-ethyl adjacent to an activating group) is 1. The van der Waals surface area contributed by atoms with Gasteiger partial charge in [0, 0.05) is 13.6 Å². The zero-order valence-corrected chi connectivity index (χ0v) is 17.3. The van der Waals surface area contributed by atoms with Crippen LogP contribution in [0.4, 0.5) is 0 Å². The van der Waals surface area contributed by atoms with Gasteiger partial charge in [-0.25, -0.2) is 4.79 Å². The Balaban J connectivity index is 0.00000184. The average molecular weight is 409 g/mol. The van der Waals surface area contributed by atoms with E-state index >= 15 is 0 Å². The SMILES string of the molecule is CCn1c(=O)n(CC(=O)N[C@@H](CC(N)=O)C(=O)NC)c2ccccc21.CN.CN. The summed E-state index contributed by atoms with van der Waals surface area (Å²) in [5.41, 5.74) is 15.1. The van der Waals surface area contributed by atoms with Crippen LogP contribution in [0.1, 0.15) is 13.3 Å². The lowest BCUT2D eigenvalue weighted by atomic mass is 10.2. The van der Waals surface area contributed by atoms with Crippen LogP contribution in [0.3, 0.4) is 0 Å². The number of hydrogen-bond donors (Lipinski definition) is 5. The Morgan fingerprint density at radius 2 is 1.55 bits per heavy atom. The van der Waals surface area contributed by atoms with Crippen LogP contribution in [-0.2, 0) is 27.5 Å². The van der Waals surface area contributed by atoms with E-state index in [0.29, 0.717) is 12.1 Å². The summed E-state index contributed by atoms with van der Waals surface area (Å²) in [7, 11) is 4.39. The molecule has 1 aromatic carbocycles. The Bertz CT molecular complexity index is 873. The zero-order valence-electron chi connectivity index (χ0n) is 17.3. The van der Waals surface area contributed by atoms with E-state index in [2.05, 4.69) is 22.1 Å². The number of nitrogens with two attached hydrogens (primary N) is 3. The Hall–Kier alpha value is -3.18. The molecule has 0 aliphatic carbocycles. The van der Waals surface area contributed by atoms with Crippen molar-refractivity contribution in [2.45, 2.75) is 32.5 Å². The first-order valence-electron chi connectivity index (χ1n) is 9.01. The van der Waals surface area contributed by atoms with Gasteiger partial charge in [-0.1, -0.05) is 12.1 Å². The number of hydrogen-bond acceptors (Lipinski definition) is 6. The third-order valence-electron chi connectivity index (χ3n) is 3.85. The third kappa shape index (κ3) is 6.73. The van der Waals surface area contributed by atoms with E-state index in [4.69, 9.17) is 5.73 Å². The molecule has 2 rings (SSSR count). The van der Waals surface area contributed by atoms with Crippen molar-refractivity contribution in [3.63, 3.8) is 0 Å². The first kappa shape index (κ1) is 25.8. The van der Waals surface area contributed by atoms with Gasteiger partial charge in [-0.2, -0.15) is 0 Å². The summed E-state index contributed by atoms with van der Waals surface area (Å²) in [4.78, 5) is 47.6. The van der Waals surface area contributed by atoms with Crippen molar-refractivity contribution in [3.05, 3.63) is 34.7 Å². The molecular formula is C18H31N7O4. The van der Waals surface area contributed by atoms with Gasteiger partial charge in [-0.15, -0.1) is 0 Å². The number of fused-ring (bicyclic) bond motifs is 1. The predicted octanol–water partition coefficient (Wildman–Crippen LogP) is -1.92. The number of imidazole rings is 1. The quantitative estimate of drug-likeness (QED) is 0.355. The molecule has 11 nitrogen and oxygen atoms in total. The maximum atomic E-state index is 12.5. The standard InChI is InChI=1S/C16H21N5O4.2CH5N/c1-3-20-11-6-4-5-7-12(11)21(16(20)25)9-14(23)19-10(8-13(17)22)15(24)18-2;2*1-2/h4-7,10H,3,8-9H2,1-2H3,(H2,17,22)(H,18,24)(H,19,23);2*2H2,1H3/t10-;;/m0../s1. The molecule has 1 heterocycles. The summed E-state index contributed by atoms with van der Waals surface area (Å²) < 4.78 is 2.89. The molecule has 0 saturated carbocycles. The fraction of sp³-hybridized carbons (Fsp3) is 0.444. The second kappa shape index (κ2) is 13.1. The number of amides is 3. The lowest BCUT2D eigenvalue weighted by molar-refractivity contribution is -0.131. The maximum absolute atomic E-state index is 12.5. The summed E-state index contributed by atoms with van der Waals surface area (Å²) in [6.45, 7) is 2.04. The molecule has 29 heavy (non-hydrogen) atoms. The molecule has 0 aliphatic rings. The van der Waals surface area contributed by atoms with Crippen molar-refractivity contribution in [1.29, 1.82) is 0 Å². The van der Waals surface area contributed by atoms with E-state index < -0.39 is 23.8 Å². The molecule has 0 fully saturated rings. The molecule has 0 aliphatic heterocycles. The number of para-hydroxylation sites is 2. The number of aryl methyl sites for hydroxylation is 1. The highest BCUT2D eigenvalue weighted by atomic mass is 16.2. The fourth-order valence-electron chi connectivity index (χ4n) is 2.70. The highest BCUT2D eigenvalue weighted by Crippen LogP contribution is 2.12. The highest BCUT2D eigenvalue weighted by Gasteiger charge is 2.23. The van der Waals surface area contributed by atoms with Crippen LogP contribution < -0.4 is 33.5 Å². The van der Waals surface area contributed by atoms with E-state index in [-0.39, 0.29) is 18.7 Å². The highest BCUT2D eigenvalue weighted by molar-refractivity contribution is 5.91. The first-order chi connectivity index (χ1) is 13.9. The van der Waals surface area contributed by atoms with E-state index in [1.54, 1.807) is 22.8 Å². The van der Waals surface area contributed by atoms with Crippen LogP contribution in [0.25, 0.3) is 11.0 Å². The van der Waals surface area contributed by atoms with Crippen molar-refractivity contribution >= 4 is 28.8 Å². The predicted molar refractivity (Wildman–Crippen MR) is 112 cm³/mol. The van der Waals surface area contributed by atoms with Crippen LogP contribution in [0.2, 0.25) is 0 Å². The summed E-state index contributed by atoms with van der Waals surface area (Å²) >= 11 is 0. The Morgan fingerprint density at radius 1 is 1.03 bits per heavy atom. The van der Waals surface area contributed by atoms with Crippen LogP contribution in [0, 0.1) is 0 Å². The van der Waals surface area contributed by atoms with Gasteiger partial charge in [0.2, 0.25) is 17.7 Å². The maximum Gasteiger partial charge on any atom is 0.329 e. The number of rotatable bonds is 7. The minimum Gasteiger partial charge on any atom is -0.370 e. The van der Waals surface area contributed by atoms with Gasteiger partial charge in [0.25, 0.3) is 0 Å². The van der Waals surface area contributed by atoms with Gasteiger partial charge in [-0.3, -0.25) is 23.5 Å². The Kier molecular flexibility index (Phi) is 11.6. The normalized spacial score (nSPS) is 10.7. The van der Waals surface area contributed by atoms with Gasteiger partial charge in [0.1, 0.15) is 12.6 Å². The molecule has 8 N–H and O–H groups in total. The second-order valence-electron chi connectivity index (χ2n) is 5.51. The van der Waals surface area contributed by atoms with E-state index in [0.717, 1.165) is 5.52 Å². The lowest BCUT2D eigenvalue weighted by Gasteiger charge is -2.16. The van der Waals surface area contributed by atoms with Gasteiger partial charge in [-0.05, 0) is 33.2 Å². The number of primary amides is 1. The largest absolute Gasteiger partial charge is 0.370 e. The topological polar surface area (TPSA) is 180 Å². The molecule has 0 spiro atoms. The summed E-state index contributed by atoms with van der Waals surface area (Å²) in [6, 6.07) is 6.05. The average Bonchev–Trinajstić information content (AvgIpc) is 3.00. The Morgan fingerprint density at radius 3 is 2.00 bits per heavy atom. The molecule has 162 valence electrons. The van der Waals surface area contributed by atoms with Gasteiger partial charge >= 0.3 is 5.69 Å². The smallest absolute Gasteiger partial charge is 0.329 e. The molecule has 11 heteroatoms. The summed E-state index contributed by atoms with van der Waals surface area (Å²) in [6.07, 6.45) is -0.322. The molecule has 1 atom stereocenters. The van der Waals surface area contributed by atoms with Crippen molar-refractivity contribution in [1.82, 2.24) is 19.8 Å². The zero-order chi connectivity index (χ0) is 22.6. The van der Waals surface area contributed by atoms with Crippen molar-refractivity contribution < 1.29 is 14.4 Å². The van der Waals surface area contributed by atoms with Crippen molar-refractivity contribution in [2.75, 3.05) is 21.1 Å². The van der Waals surface area contributed by atoms with Crippen LogP contribution in [0.15, 0.2) is 29.1 Å². The second-order valence-corrected chi connectivity index (χ2v) is 5.51. The monoisotopic (exact) mass is 409 g/mol. The molecule has 1 aromatic heterocycles. The molecule has 2 aromatic rings.